The SMILES string of the molecule is CCn1ncnc1CC(O)c1cccc(OC(C)C)c1. The number of aliphatic hydroxyl groups is 1. The van der Waals surface area contributed by atoms with E-state index >= 15 is 0 Å². The molecule has 0 saturated carbocycles. The van der Waals surface area contributed by atoms with Crippen molar-refractivity contribution in [3.05, 3.63) is 42.0 Å². The molecule has 20 heavy (non-hydrogen) atoms. The molecule has 5 nitrogen and oxygen atoms in total. The van der Waals surface area contributed by atoms with Gasteiger partial charge in [0.15, 0.2) is 0 Å². The molecule has 0 radical (unpaired) electrons. The number of aryl methyl sites for hydroxylation is 1. The van der Waals surface area contributed by atoms with Gasteiger partial charge in [-0.15, -0.1) is 0 Å². The lowest BCUT2D eigenvalue weighted by atomic mass is 10.1. The minimum absolute atomic E-state index is 0.116. The van der Waals surface area contributed by atoms with Crippen molar-refractivity contribution in [3.8, 4) is 5.75 Å². The minimum Gasteiger partial charge on any atom is -0.491 e. The van der Waals surface area contributed by atoms with E-state index in [1.807, 2.05) is 45.0 Å². The predicted octanol–water partition coefficient (Wildman–Crippen LogP) is 2.36. The molecule has 1 atom stereocenters. The van der Waals surface area contributed by atoms with Crippen molar-refractivity contribution in [2.45, 2.75) is 45.9 Å². The second-order valence-electron chi connectivity index (χ2n) is 4.95. The molecule has 1 unspecified atom stereocenters. The van der Waals surface area contributed by atoms with Gasteiger partial charge in [0.25, 0.3) is 0 Å². The Hall–Kier alpha value is -1.88. The molecule has 2 aromatic rings. The molecule has 0 fully saturated rings. The second kappa shape index (κ2) is 6.52. The molecule has 2 rings (SSSR count). The Balaban J connectivity index is 2.10. The summed E-state index contributed by atoms with van der Waals surface area (Å²) in [5.74, 6) is 1.56. The Bertz CT molecular complexity index is 552. The maximum atomic E-state index is 10.3. The van der Waals surface area contributed by atoms with E-state index < -0.39 is 6.10 Å². The summed E-state index contributed by atoms with van der Waals surface area (Å²) in [6.45, 7) is 6.71. The van der Waals surface area contributed by atoms with Crippen LogP contribution in [0, 0.1) is 0 Å². The largest absolute Gasteiger partial charge is 0.491 e. The maximum Gasteiger partial charge on any atom is 0.138 e. The van der Waals surface area contributed by atoms with Gasteiger partial charge in [0, 0.05) is 13.0 Å². The Morgan fingerprint density at radius 3 is 2.85 bits per heavy atom. The first-order valence-corrected chi connectivity index (χ1v) is 6.91. The van der Waals surface area contributed by atoms with Crippen LogP contribution >= 0.6 is 0 Å². The first-order chi connectivity index (χ1) is 9.60. The number of aliphatic hydroxyl groups excluding tert-OH is 1. The van der Waals surface area contributed by atoms with Crippen LogP contribution < -0.4 is 4.74 Å². The molecule has 0 spiro atoms. The lowest BCUT2D eigenvalue weighted by molar-refractivity contribution is 0.172. The average molecular weight is 275 g/mol. The van der Waals surface area contributed by atoms with Crippen LogP contribution in [0.15, 0.2) is 30.6 Å². The van der Waals surface area contributed by atoms with E-state index in [1.165, 1.54) is 6.33 Å². The quantitative estimate of drug-likeness (QED) is 0.879. The second-order valence-corrected chi connectivity index (χ2v) is 4.95. The molecule has 1 N–H and O–H groups in total. The number of benzene rings is 1. The zero-order valence-corrected chi connectivity index (χ0v) is 12.2. The summed E-state index contributed by atoms with van der Waals surface area (Å²) in [5.41, 5.74) is 0.828. The fourth-order valence-electron chi connectivity index (χ4n) is 2.07. The number of aromatic nitrogens is 3. The zero-order valence-electron chi connectivity index (χ0n) is 12.2. The van der Waals surface area contributed by atoms with Gasteiger partial charge in [-0.3, -0.25) is 4.68 Å². The third-order valence-corrected chi connectivity index (χ3v) is 2.99. The van der Waals surface area contributed by atoms with Crippen molar-refractivity contribution in [2.75, 3.05) is 0 Å². The number of hydrogen-bond acceptors (Lipinski definition) is 4. The van der Waals surface area contributed by atoms with Crippen molar-refractivity contribution < 1.29 is 9.84 Å². The van der Waals surface area contributed by atoms with Gasteiger partial charge >= 0.3 is 0 Å². The van der Waals surface area contributed by atoms with E-state index in [0.717, 1.165) is 23.7 Å². The van der Waals surface area contributed by atoms with Gasteiger partial charge in [-0.1, -0.05) is 12.1 Å². The molecule has 0 bridgehead atoms. The van der Waals surface area contributed by atoms with Gasteiger partial charge in [-0.05, 0) is 38.5 Å². The smallest absolute Gasteiger partial charge is 0.138 e. The van der Waals surface area contributed by atoms with Crippen molar-refractivity contribution in [3.63, 3.8) is 0 Å². The van der Waals surface area contributed by atoms with Crippen molar-refractivity contribution >= 4 is 0 Å². The van der Waals surface area contributed by atoms with Crippen LogP contribution in [0.4, 0.5) is 0 Å². The van der Waals surface area contributed by atoms with E-state index in [1.54, 1.807) is 4.68 Å². The van der Waals surface area contributed by atoms with Crippen molar-refractivity contribution in [2.24, 2.45) is 0 Å². The third kappa shape index (κ3) is 3.57. The maximum absolute atomic E-state index is 10.3. The van der Waals surface area contributed by atoms with Gasteiger partial charge < -0.3 is 9.84 Å². The monoisotopic (exact) mass is 275 g/mol. The van der Waals surface area contributed by atoms with E-state index in [-0.39, 0.29) is 6.10 Å². The molecular weight excluding hydrogens is 254 g/mol. The van der Waals surface area contributed by atoms with Crippen LogP contribution in [0.5, 0.6) is 5.75 Å². The summed E-state index contributed by atoms with van der Waals surface area (Å²) < 4.78 is 7.43. The van der Waals surface area contributed by atoms with Crippen molar-refractivity contribution in [1.82, 2.24) is 14.8 Å². The highest BCUT2D eigenvalue weighted by atomic mass is 16.5. The highest BCUT2D eigenvalue weighted by Crippen LogP contribution is 2.22. The highest BCUT2D eigenvalue weighted by Gasteiger charge is 2.13. The van der Waals surface area contributed by atoms with Gasteiger partial charge in [-0.25, -0.2) is 4.98 Å². The highest BCUT2D eigenvalue weighted by molar-refractivity contribution is 5.30. The summed E-state index contributed by atoms with van der Waals surface area (Å²) in [6.07, 6.45) is 1.47. The van der Waals surface area contributed by atoms with Crippen LogP contribution in [0.1, 0.15) is 38.3 Å². The van der Waals surface area contributed by atoms with E-state index in [0.29, 0.717) is 6.42 Å². The van der Waals surface area contributed by atoms with Crippen molar-refractivity contribution in [1.29, 1.82) is 0 Å². The molecule has 0 aliphatic carbocycles. The molecule has 5 heteroatoms. The van der Waals surface area contributed by atoms with Crippen LogP contribution in [-0.4, -0.2) is 26.0 Å². The number of ether oxygens (including phenoxy) is 1. The summed E-state index contributed by atoms with van der Waals surface area (Å²) in [4.78, 5) is 4.18. The molecule has 1 aromatic carbocycles. The summed E-state index contributed by atoms with van der Waals surface area (Å²) >= 11 is 0. The number of rotatable bonds is 6. The lowest BCUT2D eigenvalue weighted by Crippen LogP contribution is -2.10. The van der Waals surface area contributed by atoms with Gasteiger partial charge in [-0.2, -0.15) is 5.10 Å². The fourth-order valence-corrected chi connectivity index (χ4v) is 2.07. The van der Waals surface area contributed by atoms with E-state index in [9.17, 15) is 5.11 Å². The van der Waals surface area contributed by atoms with Gasteiger partial charge in [0.1, 0.15) is 17.9 Å². The standard InChI is InChI=1S/C15H21N3O2/c1-4-18-15(16-10-17-18)9-14(19)12-6-5-7-13(8-12)20-11(2)3/h5-8,10-11,14,19H,4,9H2,1-3H3. The van der Waals surface area contributed by atoms with Crippen LogP contribution in [-0.2, 0) is 13.0 Å². The number of hydrogen-bond donors (Lipinski definition) is 1. The topological polar surface area (TPSA) is 60.2 Å². The summed E-state index contributed by atoms with van der Waals surface area (Å²) in [7, 11) is 0. The summed E-state index contributed by atoms with van der Waals surface area (Å²) in [6, 6.07) is 7.55. The molecule has 1 heterocycles. The molecule has 1 aromatic heterocycles. The Kier molecular flexibility index (Phi) is 4.74. The Morgan fingerprint density at radius 2 is 2.15 bits per heavy atom. The summed E-state index contributed by atoms with van der Waals surface area (Å²) in [5, 5.41) is 14.4. The number of nitrogens with zero attached hydrogens (tertiary/aromatic N) is 3. The van der Waals surface area contributed by atoms with E-state index in [2.05, 4.69) is 10.1 Å². The first-order valence-electron chi connectivity index (χ1n) is 6.91. The van der Waals surface area contributed by atoms with Gasteiger partial charge in [0.05, 0.1) is 12.2 Å². The van der Waals surface area contributed by atoms with E-state index in [4.69, 9.17) is 4.74 Å². The molecular formula is C15H21N3O2. The van der Waals surface area contributed by atoms with Crippen LogP contribution in [0.2, 0.25) is 0 Å². The Morgan fingerprint density at radius 1 is 1.35 bits per heavy atom. The Labute approximate surface area is 119 Å². The normalized spacial score (nSPS) is 12.7. The first kappa shape index (κ1) is 14.5. The molecule has 0 saturated heterocycles. The zero-order chi connectivity index (χ0) is 14.5. The molecule has 108 valence electrons. The van der Waals surface area contributed by atoms with Crippen LogP contribution in [0.25, 0.3) is 0 Å². The molecule has 0 aliphatic heterocycles. The minimum atomic E-state index is -0.611. The molecule has 0 aliphatic rings. The predicted molar refractivity (Wildman–Crippen MR) is 76.6 cm³/mol. The lowest BCUT2D eigenvalue weighted by Gasteiger charge is -2.14. The molecule has 0 amide bonds. The third-order valence-electron chi connectivity index (χ3n) is 2.99. The average Bonchev–Trinajstić information content (AvgIpc) is 2.85. The van der Waals surface area contributed by atoms with Crippen LogP contribution in [0.3, 0.4) is 0 Å². The van der Waals surface area contributed by atoms with Gasteiger partial charge in [0.2, 0.25) is 0 Å². The fraction of sp³-hybridized carbons (Fsp3) is 0.467.